The summed E-state index contributed by atoms with van der Waals surface area (Å²) in [5.74, 6) is -0.357. The van der Waals surface area contributed by atoms with Gasteiger partial charge >= 0.3 is 5.97 Å². The molecule has 0 bridgehead atoms. The van der Waals surface area contributed by atoms with Crippen molar-refractivity contribution in [3.63, 3.8) is 0 Å². The second kappa shape index (κ2) is 4.07. The maximum absolute atomic E-state index is 11.3. The SMILES string of the molecule is CCOC(=O)C(N)C1(OC)CCC1. The zero-order chi connectivity index (χ0) is 9.90. The average Bonchev–Trinajstić information content (AvgIpc) is 2.03. The van der Waals surface area contributed by atoms with Gasteiger partial charge in [-0.1, -0.05) is 0 Å². The van der Waals surface area contributed by atoms with Gasteiger partial charge in [0.2, 0.25) is 0 Å². The van der Waals surface area contributed by atoms with E-state index >= 15 is 0 Å². The van der Waals surface area contributed by atoms with Crippen LogP contribution in [-0.4, -0.2) is 31.3 Å². The number of esters is 1. The second-order valence-electron chi connectivity index (χ2n) is 3.35. The molecule has 1 unspecified atom stereocenters. The first-order valence-corrected chi connectivity index (χ1v) is 4.63. The maximum Gasteiger partial charge on any atom is 0.325 e. The smallest absolute Gasteiger partial charge is 0.325 e. The van der Waals surface area contributed by atoms with E-state index in [0.717, 1.165) is 19.3 Å². The lowest BCUT2D eigenvalue weighted by Crippen LogP contribution is -2.58. The molecule has 0 aromatic carbocycles. The molecule has 13 heavy (non-hydrogen) atoms. The number of ether oxygens (including phenoxy) is 2. The third kappa shape index (κ3) is 1.84. The molecule has 0 radical (unpaired) electrons. The van der Waals surface area contributed by atoms with Gasteiger partial charge in [-0.15, -0.1) is 0 Å². The predicted molar refractivity (Wildman–Crippen MR) is 48.2 cm³/mol. The second-order valence-corrected chi connectivity index (χ2v) is 3.35. The van der Waals surface area contributed by atoms with Gasteiger partial charge in [-0.05, 0) is 26.2 Å². The van der Waals surface area contributed by atoms with Crippen molar-refractivity contribution in [2.24, 2.45) is 5.73 Å². The molecule has 0 saturated heterocycles. The molecule has 0 heterocycles. The lowest BCUT2D eigenvalue weighted by atomic mass is 9.75. The van der Waals surface area contributed by atoms with Crippen LogP contribution in [0.3, 0.4) is 0 Å². The molecule has 1 saturated carbocycles. The molecule has 1 aliphatic carbocycles. The minimum absolute atomic E-state index is 0.357. The summed E-state index contributed by atoms with van der Waals surface area (Å²) in [5.41, 5.74) is 5.30. The van der Waals surface area contributed by atoms with Gasteiger partial charge in [0.25, 0.3) is 0 Å². The molecule has 4 heteroatoms. The zero-order valence-corrected chi connectivity index (χ0v) is 8.21. The first-order valence-electron chi connectivity index (χ1n) is 4.63. The number of hydrogen-bond donors (Lipinski definition) is 1. The molecule has 0 aliphatic heterocycles. The lowest BCUT2D eigenvalue weighted by molar-refractivity contribution is -0.160. The van der Waals surface area contributed by atoms with Crippen LogP contribution in [0, 0.1) is 0 Å². The fourth-order valence-corrected chi connectivity index (χ4v) is 1.61. The Morgan fingerprint density at radius 1 is 1.62 bits per heavy atom. The molecule has 76 valence electrons. The number of rotatable bonds is 4. The fourth-order valence-electron chi connectivity index (χ4n) is 1.61. The Balaban J connectivity index is 2.53. The van der Waals surface area contributed by atoms with Crippen LogP contribution in [0.25, 0.3) is 0 Å². The van der Waals surface area contributed by atoms with E-state index in [9.17, 15) is 4.79 Å². The zero-order valence-electron chi connectivity index (χ0n) is 8.21. The summed E-state index contributed by atoms with van der Waals surface area (Å²) < 4.78 is 10.1. The van der Waals surface area contributed by atoms with Gasteiger partial charge in [0.05, 0.1) is 12.2 Å². The van der Waals surface area contributed by atoms with Crippen LogP contribution in [0.15, 0.2) is 0 Å². The van der Waals surface area contributed by atoms with Gasteiger partial charge < -0.3 is 15.2 Å². The van der Waals surface area contributed by atoms with Crippen molar-refractivity contribution in [1.29, 1.82) is 0 Å². The van der Waals surface area contributed by atoms with Crippen LogP contribution >= 0.6 is 0 Å². The van der Waals surface area contributed by atoms with E-state index in [1.807, 2.05) is 0 Å². The molecule has 0 aromatic heterocycles. The maximum atomic E-state index is 11.3. The molecule has 1 rings (SSSR count). The van der Waals surface area contributed by atoms with Crippen LogP contribution in [-0.2, 0) is 14.3 Å². The first-order chi connectivity index (χ1) is 6.16. The normalized spacial score (nSPS) is 21.8. The molecule has 1 atom stereocenters. The predicted octanol–water partition coefficient (Wildman–Crippen LogP) is 0.446. The summed E-state index contributed by atoms with van der Waals surface area (Å²) in [6, 6.07) is -0.633. The van der Waals surface area contributed by atoms with Crippen LogP contribution in [0.4, 0.5) is 0 Å². The third-order valence-electron chi connectivity index (χ3n) is 2.71. The van der Waals surface area contributed by atoms with Gasteiger partial charge in [-0.3, -0.25) is 4.79 Å². The van der Waals surface area contributed by atoms with Gasteiger partial charge in [-0.2, -0.15) is 0 Å². The number of carbonyl (C=O) groups is 1. The van der Waals surface area contributed by atoms with Crippen LogP contribution in [0.2, 0.25) is 0 Å². The number of methoxy groups -OCH3 is 1. The van der Waals surface area contributed by atoms with E-state index in [1.165, 1.54) is 0 Å². The molecule has 1 fully saturated rings. The number of hydrogen-bond acceptors (Lipinski definition) is 4. The van der Waals surface area contributed by atoms with Crippen LogP contribution in [0.5, 0.6) is 0 Å². The standard InChI is InChI=1S/C9H17NO3/c1-3-13-8(11)7(10)9(12-2)5-4-6-9/h7H,3-6,10H2,1-2H3. The Morgan fingerprint density at radius 2 is 2.23 bits per heavy atom. The summed E-state index contributed by atoms with van der Waals surface area (Å²) in [6.07, 6.45) is 2.77. The molecule has 1 aliphatic rings. The highest BCUT2D eigenvalue weighted by Crippen LogP contribution is 2.37. The van der Waals surface area contributed by atoms with Crippen molar-refractivity contribution in [2.45, 2.75) is 37.8 Å². The van der Waals surface area contributed by atoms with Gasteiger partial charge in [0, 0.05) is 7.11 Å². The quantitative estimate of drug-likeness (QED) is 0.649. The molecule has 0 spiro atoms. The van der Waals surface area contributed by atoms with Crippen molar-refractivity contribution < 1.29 is 14.3 Å². The highest BCUT2D eigenvalue weighted by Gasteiger charge is 2.46. The number of carbonyl (C=O) groups excluding carboxylic acids is 1. The Bertz CT molecular complexity index is 184. The monoisotopic (exact) mass is 187 g/mol. The van der Waals surface area contributed by atoms with Crippen molar-refractivity contribution in [3.05, 3.63) is 0 Å². The lowest BCUT2D eigenvalue weighted by Gasteiger charge is -2.43. The third-order valence-corrected chi connectivity index (χ3v) is 2.71. The van der Waals surface area contributed by atoms with Gasteiger partial charge in [0.1, 0.15) is 6.04 Å². The number of nitrogens with two attached hydrogens (primary N) is 1. The minimum atomic E-state index is -0.633. The van der Waals surface area contributed by atoms with Crippen LogP contribution < -0.4 is 5.73 Å². The summed E-state index contributed by atoms with van der Waals surface area (Å²) >= 11 is 0. The van der Waals surface area contributed by atoms with E-state index in [-0.39, 0.29) is 5.97 Å². The summed E-state index contributed by atoms with van der Waals surface area (Å²) in [4.78, 5) is 11.3. The summed E-state index contributed by atoms with van der Waals surface area (Å²) in [7, 11) is 1.60. The Morgan fingerprint density at radius 3 is 2.54 bits per heavy atom. The summed E-state index contributed by atoms with van der Waals surface area (Å²) in [6.45, 7) is 2.14. The van der Waals surface area contributed by atoms with Gasteiger partial charge in [0.15, 0.2) is 0 Å². The van der Waals surface area contributed by atoms with Gasteiger partial charge in [-0.25, -0.2) is 0 Å². The minimum Gasteiger partial charge on any atom is -0.465 e. The van der Waals surface area contributed by atoms with E-state index in [0.29, 0.717) is 6.61 Å². The molecule has 0 amide bonds. The van der Waals surface area contributed by atoms with E-state index in [4.69, 9.17) is 15.2 Å². The van der Waals surface area contributed by atoms with Crippen molar-refractivity contribution in [1.82, 2.24) is 0 Å². The Kier molecular flexibility index (Phi) is 3.27. The molecule has 4 nitrogen and oxygen atoms in total. The summed E-state index contributed by atoms with van der Waals surface area (Å²) in [5, 5.41) is 0. The topological polar surface area (TPSA) is 61.5 Å². The molecular weight excluding hydrogens is 170 g/mol. The first kappa shape index (κ1) is 10.5. The Hall–Kier alpha value is -0.610. The van der Waals surface area contributed by atoms with Crippen molar-refractivity contribution >= 4 is 5.97 Å². The highest BCUT2D eigenvalue weighted by atomic mass is 16.5. The van der Waals surface area contributed by atoms with Crippen LogP contribution in [0.1, 0.15) is 26.2 Å². The molecule has 0 aromatic rings. The Labute approximate surface area is 78.4 Å². The van der Waals surface area contributed by atoms with E-state index in [1.54, 1.807) is 14.0 Å². The average molecular weight is 187 g/mol. The van der Waals surface area contributed by atoms with Crippen molar-refractivity contribution in [2.75, 3.05) is 13.7 Å². The highest BCUT2D eigenvalue weighted by molar-refractivity contribution is 5.77. The van der Waals surface area contributed by atoms with Crippen molar-refractivity contribution in [3.8, 4) is 0 Å². The van der Waals surface area contributed by atoms with E-state index in [2.05, 4.69) is 0 Å². The largest absolute Gasteiger partial charge is 0.465 e. The molecule has 2 N–H and O–H groups in total. The van der Waals surface area contributed by atoms with E-state index < -0.39 is 11.6 Å². The molecular formula is C9H17NO3. The fraction of sp³-hybridized carbons (Fsp3) is 0.889.